The number of aromatic hydroxyl groups is 1. The second-order valence-electron chi connectivity index (χ2n) is 12.3. The monoisotopic (exact) mass is 748 g/mol. The Labute approximate surface area is 266 Å². The summed E-state index contributed by atoms with van der Waals surface area (Å²) in [4.78, 5) is 9.80. The molecule has 7 rings (SSSR count). The first-order chi connectivity index (χ1) is 20.2. The molecule has 0 radical (unpaired) electrons. The fraction of sp³-hybridized carbons (Fsp3) is 0.243. The molecule has 0 saturated carbocycles. The number of aromatic nitrogens is 1. The summed E-state index contributed by atoms with van der Waals surface area (Å²) in [6.07, 6.45) is 0.806. The average Bonchev–Trinajstić information content (AvgIpc) is 3.41. The molecule has 2 atom stereocenters. The summed E-state index contributed by atoms with van der Waals surface area (Å²) in [6, 6.07) is 29.8. The van der Waals surface area contributed by atoms with Gasteiger partial charge in [0.15, 0.2) is 0 Å². The number of benzene rings is 4. The van der Waals surface area contributed by atoms with Crippen molar-refractivity contribution >= 4 is 16.8 Å². The van der Waals surface area contributed by atoms with Crippen LogP contribution in [0.15, 0.2) is 83.9 Å². The molecule has 1 aliphatic heterocycles. The molecule has 0 amide bonds. The molecule has 1 N–H and O–H groups in total. The van der Waals surface area contributed by atoms with Crippen molar-refractivity contribution in [3.63, 3.8) is 0 Å². The summed E-state index contributed by atoms with van der Waals surface area (Å²) < 4.78 is 13.0. The summed E-state index contributed by atoms with van der Waals surface area (Å²) in [7, 11) is 0. The van der Waals surface area contributed by atoms with Crippen molar-refractivity contribution in [2.75, 3.05) is 0 Å². The molecular weight excluding hydrogens is 715 g/mol. The van der Waals surface area contributed by atoms with Gasteiger partial charge in [-0.05, 0) is 84.2 Å². The Morgan fingerprint density at radius 2 is 1.70 bits per heavy atom. The first-order valence-electron chi connectivity index (χ1n) is 14.4. The normalized spacial score (nSPS) is 18.2. The van der Waals surface area contributed by atoms with Gasteiger partial charge in [0.2, 0.25) is 5.88 Å². The van der Waals surface area contributed by atoms with E-state index in [0.29, 0.717) is 23.0 Å². The smallest absolute Gasteiger partial charge is 0.217 e. The van der Waals surface area contributed by atoms with Gasteiger partial charge in [0.1, 0.15) is 23.3 Å². The van der Waals surface area contributed by atoms with E-state index in [1.165, 1.54) is 22.3 Å². The maximum absolute atomic E-state index is 10.5. The van der Waals surface area contributed by atoms with E-state index >= 15 is 0 Å². The first-order valence-corrected chi connectivity index (χ1v) is 14.4. The van der Waals surface area contributed by atoms with Crippen LogP contribution in [0.1, 0.15) is 53.3 Å². The second kappa shape index (κ2) is 11.0. The van der Waals surface area contributed by atoms with Crippen LogP contribution < -0.4 is 4.74 Å². The number of pyridine rings is 1. The largest absolute Gasteiger partial charge is 0.510 e. The maximum Gasteiger partial charge on any atom is 0.217 e. The van der Waals surface area contributed by atoms with Gasteiger partial charge in [-0.15, -0.1) is 6.07 Å². The molecular formula is C37H33N2O3Pt-. The quantitative estimate of drug-likeness (QED) is 0.187. The van der Waals surface area contributed by atoms with Crippen LogP contribution in [-0.4, -0.2) is 22.0 Å². The SMILES string of the molecule is Cc1cc(O)c2nc(Oc3[c-]c(C4=N[C@@H]5[C@H](O4)c4ccccc4CC5(C)C)cc(-c4c(C)cccc4C)c3)ccc2c1.[Pt]. The van der Waals surface area contributed by atoms with Crippen molar-refractivity contribution in [1.82, 2.24) is 4.98 Å². The van der Waals surface area contributed by atoms with Gasteiger partial charge in [-0.2, -0.15) is 0 Å². The van der Waals surface area contributed by atoms with Crippen LogP contribution in [0.3, 0.4) is 0 Å². The molecule has 6 heteroatoms. The number of aliphatic imine (C=N–C) groups is 1. The summed E-state index contributed by atoms with van der Waals surface area (Å²) in [5.74, 6) is 1.58. The Bertz CT molecular complexity index is 1890. The molecule has 5 aromatic rings. The van der Waals surface area contributed by atoms with E-state index in [1.54, 1.807) is 6.07 Å². The third kappa shape index (κ3) is 5.25. The minimum Gasteiger partial charge on any atom is -0.510 e. The van der Waals surface area contributed by atoms with Crippen LogP contribution in [0.4, 0.5) is 0 Å². The molecule has 0 bridgehead atoms. The van der Waals surface area contributed by atoms with Crippen LogP contribution in [0, 0.1) is 32.3 Å². The Morgan fingerprint density at radius 1 is 0.930 bits per heavy atom. The molecule has 5 nitrogen and oxygen atoms in total. The number of hydrogen-bond donors (Lipinski definition) is 1. The zero-order chi connectivity index (χ0) is 29.2. The van der Waals surface area contributed by atoms with Gasteiger partial charge < -0.3 is 14.6 Å². The van der Waals surface area contributed by atoms with E-state index < -0.39 is 0 Å². The predicted molar refractivity (Wildman–Crippen MR) is 166 cm³/mol. The fourth-order valence-corrected chi connectivity index (χ4v) is 6.57. The molecule has 2 aliphatic rings. The molecule has 4 aromatic carbocycles. The van der Waals surface area contributed by atoms with Crippen molar-refractivity contribution < 1.29 is 35.6 Å². The molecule has 2 heterocycles. The Hall–Kier alpha value is -3.95. The van der Waals surface area contributed by atoms with Crippen molar-refractivity contribution in [3.8, 4) is 28.5 Å². The predicted octanol–water partition coefficient (Wildman–Crippen LogP) is 8.59. The minimum atomic E-state index is -0.143. The molecule has 1 aromatic heterocycles. The number of rotatable bonds is 4. The van der Waals surface area contributed by atoms with Gasteiger partial charge in [-0.1, -0.05) is 79.6 Å². The number of fused-ring (bicyclic) bond motifs is 4. The average molecular weight is 749 g/mol. The molecule has 0 spiro atoms. The van der Waals surface area contributed by atoms with E-state index in [0.717, 1.165) is 34.1 Å². The maximum atomic E-state index is 10.5. The van der Waals surface area contributed by atoms with Crippen LogP contribution in [0.2, 0.25) is 0 Å². The van der Waals surface area contributed by atoms with E-state index in [9.17, 15) is 5.11 Å². The van der Waals surface area contributed by atoms with Crippen LogP contribution in [0.5, 0.6) is 17.4 Å². The zero-order valence-electron chi connectivity index (χ0n) is 24.8. The summed E-state index contributed by atoms with van der Waals surface area (Å²) in [6.45, 7) is 10.7. The number of aryl methyl sites for hydroxylation is 3. The van der Waals surface area contributed by atoms with Gasteiger partial charge in [0.25, 0.3) is 0 Å². The summed E-state index contributed by atoms with van der Waals surface area (Å²) in [5.41, 5.74) is 9.15. The Balaban J connectivity index is 0.00000329. The molecule has 0 saturated heterocycles. The number of nitrogens with zero attached hydrogens (tertiary/aromatic N) is 2. The van der Waals surface area contributed by atoms with Crippen molar-refractivity contribution in [2.45, 2.75) is 53.2 Å². The molecule has 43 heavy (non-hydrogen) atoms. The molecule has 1 aliphatic carbocycles. The van der Waals surface area contributed by atoms with Gasteiger partial charge in [0.05, 0.1) is 6.04 Å². The van der Waals surface area contributed by atoms with Gasteiger partial charge in [-0.25, -0.2) is 4.98 Å². The van der Waals surface area contributed by atoms with E-state index in [-0.39, 0.29) is 44.4 Å². The molecule has 0 fully saturated rings. The Morgan fingerprint density at radius 3 is 2.49 bits per heavy atom. The van der Waals surface area contributed by atoms with E-state index in [4.69, 9.17) is 14.5 Å². The number of phenolic OH excluding ortho intramolecular Hbond substituents is 1. The second-order valence-corrected chi connectivity index (χ2v) is 12.3. The van der Waals surface area contributed by atoms with E-state index in [1.807, 2.05) is 31.2 Å². The van der Waals surface area contributed by atoms with Gasteiger partial charge >= 0.3 is 0 Å². The van der Waals surface area contributed by atoms with Gasteiger partial charge in [-0.3, -0.25) is 4.99 Å². The third-order valence-corrected chi connectivity index (χ3v) is 8.54. The third-order valence-electron chi connectivity index (χ3n) is 8.54. The number of hydrogen-bond acceptors (Lipinski definition) is 5. The van der Waals surface area contributed by atoms with Crippen molar-refractivity contribution in [1.29, 1.82) is 0 Å². The minimum absolute atomic E-state index is 0. The fourth-order valence-electron chi connectivity index (χ4n) is 6.57. The topological polar surface area (TPSA) is 63.9 Å². The first kappa shape index (κ1) is 29.1. The van der Waals surface area contributed by atoms with Crippen molar-refractivity contribution in [3.05, 3.63) is 118 Å². The van der Waals surface area contributed by atoms with E-state index in [2.05, 4.69) is 87.3 Å². The zero-order valence-corrected chi connectivity index (χ0v) is 27.1. The summed E-state index contributed by atoms with van der Waals surface area (Å²) >= 11 is 0. The van der Waals surface area contributed by atoms with Crippen molar-refractivity contribution in [2.24, 2.45) is 10.4 Å². The van der Waals surface area contributed by atoms with Crippen LogP contribution in [-0.2, 0) is 32.2 Å². The van der Waals surface area contributed by atoms with Gasteiger partial charge in [0, 0.05) is 38.3 Å². The van der Waals surface area contributed by atoms with Crippen LogP contribution >= 0.6 is 0 Å². The molecule has 220 valence electrons. The molecule has 0 unspecified atom stereocenters. The van der Waals surface area contributed by atoms with Crippen LogP contribution in [0.25, 0.3) is 22.0 Å². The number of ether oxygens (including phenoxy) is 2. The summed E-state index contributed by atoms with van der Waals surface area (Å²) in [5, 5.41) is 11.4. The standard InChI is InChI=1S/C37H33N2O3.Pt/c1-21-15-24-13-14-31(38-33(24)30(40)16-21)41-28-18-26(32-22(2)9-8-10-23(32)3)17-27(19-28)36-39-35-34(42-36)29-12-7-6-11-25(29)20-37(35,4)5;/h6-18,34-35,40H,20H2,1-5H3;/q-1;/t34-,35-;/m1./s1. The number of phenols is 1. The Kier molecular flexibility index (Phi) is 7.42.